The molecule has 1 heterocycles. The molecule has 0 aliphatic heterocycles. The van der Waals surface area contributed by atoms with Gasteiger partial charge in [-0.3, -0.25) is 0 Å². The summed E-state index contributed by atoms with van der Waals surface area (Å²) < 4.78 is 13.6. The summed E-state index contributed by atoms with van der Waals surface area (Å²) in [4.78, 5) is 7.33. The van der Waals surface area contributed by atoms with Crippen LogP contribution in [0.25, 0.3) is 11.3 Å². The lowest BCUT2D eigenvalue weighted by Gasteiger charge is -2.04. The highest BCUT2D eigenvalue weighted by molar-refractivity contribution is 6.42. The zero-order valence-electron chi connectivity index (χ0n) is 7.72. The monoisotopic (exact) mass is 276 g/mol. The first kappa shape index (κ1) is 11.6. The van der Waals surface area contributed by atoms with Gasteiger partial charge < -0.3 is 0 Å². The SMILES string of the molecule is Fc1c(Cl)ncnc1-c1ccc(Cl)c(Cl)c1. The van der Waals surface area contributed by atoms with E-state index in [-0.39, 0.29) is 10.8 Å². The van der Waals surface area contributed by atoms with Crippen molar-refractivity contribution in [3.63, 3.8) is 0 Å². The minimum atomic E-state index is -0.678. The normalized spacial score (nSPS) is 10.5. The van der Waals surface area contributed by atoms with Gasteiger partial charge in [0.25, 0.3) is 0 Å². The Bertz CT molecular complexity index is 546. The van der Waals surface area contributed by atoms with Crippen molar-refractivity contribution in [3.8, 4) is 11.3 Å². The minimum absolute atomic E-state index is 0.0959. The molecule has 0 unspecified atom stereocenters. The molecule has 0 saturated heterocycles. The summed E-state index contributed by atoms with van der Waals surface area (Å²) in [5, 5.41) is 0.496. The van der Waals surface area contributed by atoms with Crippen LogP contribution in [-0.2, 0) is 0 Å². The molecule has 0 aliphatic carbocycles. The lowest BCUT2D eigenvalue weighted by atomic mass is 10.1. The van der Waals surface area contributed by atoms with E-state index >= 15 is 0 Å². The lowest BCUT2D eigenvalue weighted by molar-refractivity contribution is 0.618. The summed E-state index contributed by atoms with van der Waals surface area (Å²) in [6.07, 6.45) is 1.18. The third kappa shape index (κ3) is 2.12. The number of nitrogens with zero attached hydrogens (tertiary/aromatic N) is 2. The second kappa shape index (κ2) is 4.53. The van der Waals surface area contributed by atoms with Crippen molar-refractivity contribution in [1.29, 1.82) is 0 Å². The van der Waals surface area contributed by atoms with Crippen LogP contribution in [0.2, 0.25) is 15.2 Å². The van der Waals surface area contributed by atoms with E-state index in [9.17, 15) is 4.39 Å². The van der Waals surface area contributed by atoms with E-state index in [2.05, 4.69) is 9.97 Å². The second-order valence-corrected chi connectivity index (χ2v) is 4.13. The number of rotatable bonds is 1. The zero-order valence-corrected chi connectivity index (χ0v) is 9.98. The number of aromatic nitrogens is 2. The molecular weight excluding hydrogens is 273 g/mol. The minimum Gasteiger partial charge on any atom is -0.233 e. The molecule has 0 fully saturated rings. The van der Waals surface area contributed by atoms with Gasteiger partial charge in [-0.05, 0) is 12.1 Å². The predicted molar refractivity (Wildman–Crippen MR) is 62.5 cm³/mol. The Hall–Kier alpha value is -0.900. The van der Waals surface area contributed by atoms with Crippen molar-refractivity contribution in [2.45, 2.75) is 0 Å². The first-order valence-electron chi connectivity index (χ1n) is 4.21. The van der Waals surface area contributed by atoms with Gasteiger partial charge in [-0.15, -0.1) is 0 Å². The van der Waals surface area contributed by atoms with Gasteiger partial charge in [0.2, 0.25) is 0 Å². The smallest absolute Gasteiger partial charge is 0.186 e. The van der Waals surface area contributed by atoms with Crippen molar-refractivity contribution in [2.24, 2.45) is 0 Å². The van der Waals surface area contributed by atoms with Crippen LogP contribution in [0.4, 0.5) is 4.39 Å². The Morgan fingerprint density at radius 3 is 2.44 bits per heavy atom. The molecule has 6 heteroatoms. The van der Waals surface area contributed by atoms with Crippen molar-refractivity contribution >= 4 is 34.8 Å². The Balaban J connectivity index is 2.59. The highest BCUT2D eigenvalue weighted by Crippen LogP contribution is 2.29. The Morgan fingerprint density at radius 1 is 1.00 bits per heavy atom. The van der Waals surface area contributed by atoms with E-state index in [0.717, 1.165) is 0 Å². The van der Waals surface area contributed by atoms with E-state index in [1.165, 1.54) is 12.4 Å². The van der Waals surface area contributed by atoms with Crippen LogP contribution in [0.1, 0.15) is 0 Å². The van der Waals surface area contributed by atoms with Crippen LogP contribution in [0.3, 0.4) is 0 Å². The average Bonchev–Trinajstić information content (AvgIpc) is 2.26. The van der Waals surface area contributed by atoms with Gasteiger partial charge in [-0.25, -0.2) is 14.4 Å². The molecule has 1 aromatic carbocycles. The molecule has 0 amide bonds. The topological polar surface area (TPSA) is 25.8 Å². The summed E-state index contributed by atoms with van der Waals surface area (Å²) in [6, 6.07) is 4.69. The van der Waals surface area contributed by atoms with Crippen molar-refractivity contribution in [3.05, 3.63) is 45.5 Å². The molecule has 1 aromatic heterocycles. The molecule has 2 rings (SSSR count). The first-order valence-corrected chi connectivity index (χ1v) is 5.34. The maximum atomic E-state index is 13.6. The quantitative estimate of drug-likeness (QED) is 0.729. The van der Waals surface area contributed by atoms with Crippen molar-refractivity contribution < 1.29 is 4.39 Å². The van der Waals surface area contributed by atoms with E-state index < -0.39 is 5.82 Å². The van der Waals surface area contributed by atoms with Gasteiger partial charge in [0.15, 0.2) is 11.0 Å². The number of hydrogen-bond acceptors (Lipinski definition) is 2. The van der Waals surface area contributed by atoms with Gasteiger partial charge in [0.1, 0.15) is 12.0 Å². The van der Waals surface area contributed by atoms with Crippen LogP contribution in [-0.4, -0.2) is 9.97 Å². The Labute approximate surface area is 106 Å². The van der Waals surface area contributed by atoms with Crippen LogP contribution in [0.5, 0.6) is 0 Å². The van der Waals surface area contributed by atoms with Crippen LogP contribution < -0.4 is 0 Å². The molecule has 82 valence electrons. The Morgan fingerprint density at radius 2 is 1.75 bits per heavy atom. The highest BCUT2D eigenvalue weighted by atomic mass is 35.5. The fourth-order valence-electron chi connectivity index (χ4n) is 1.19. The van der Waals surface area contributed by atoms with Crippen molar-refractivity contribution in [1.82, 2.24) is 9.97 Å². The van der Waals surface area contributed by atoms with Crippen molar-refractivity contribution in [2.75, 3.05) is 0 Å². The molecule has 2 aromatic rings. The third-order valence-corrected chi connectivity index (χ3v) is 2.94. The zero-order chi connectivity index (χ0) is 11.7. The van der Waals surface area contributed by atoms with Gasteiger partial charge >= 0.3 is 0 Å². The molecule has 0 radical (unpaired) electrons. The first-order chi connectivity index (χ1) is 7.59. The molecule has 0 bridgehead atoms. The number of benzene rings is 1. The van der Waals surface area contributed by atoms with Gasteiger partial charge in [-0.2, -0.15) is 0 Å². The van der Waals surface area contributed by atoms with E-state index in [4.69, 9.17) is 34.8 Å². The third-order valence-electron chi connectivity index (χ3n) is 1.94. The van der Waals surface area contributed by atoms with E-state index in [1.54, 1.807) is 12.1 Å². The summed E-state index contributed by atoms with van der Waals surface area (Å²) in [5.41, 5.74) is 0.592. The summed E-state index contributed by atoms with van der Waals surface area (Å²) in [7, 11) is 0. The molecular formula is C10H4Cl3FN2. The number of halogens is 4. The average molecular weight is 278 g/mol. The highest BCUT2D eigenvalue weighted by Gasteiger charge is 2.12. The van der Waals surface area contributed by atoms with Crippen LogP contribution >= 0.6 is 34.8 Å². The molecule has 16 heavy (non-hydrogen) atoms. The summed E-state index contributed by atoms with van der Waals surface area (Å²) in [5.74, 6) is -0.678. The molecule has 0 aliphatic rings. The van der Waals surface area contributed by atoms with Gasteiger partial charge in [0.05, 0.1) is 10.0 Å². The molecule has 2 nitrogen and oxygen atoms in total. The lowest BCUT2D eigenvalue weighted by Crippen LogP contribution is -1.92. The Kier molecular flexibility index (Phi) is 3.28. The standard InChI is InChI=1S/C10H4Cl3FN2/c11-6-2-1-5(3-7(6)12)9-8(14)10(13)16-4-15-9/h1-4H. The molecule has 0 N–H and O–H groups in total. The summed E-state index contributed by atoms with van der Waals surface area (Å²) in [6.45, 7) is 0. The maximum Gasteiger partial charge on any atom is 0.186 e. The van der Waals surface area contributed by atoms with E-state index in [1.807, 2.05) is 0 Å². The fraction of sp³-hybridized carbons (Fsp3) is 0. The molecule has 0 saturated carbocycles. The maximum absolute atomic E-state index is 13.6. The fourth-order valence-corrected chi connectivity index (χ4v) is 1.62. The van der Waals surface area contributed by atoms with Crippen LogP contribution in [0.15, 0.2) is 24.5 Å². The largest absolute Gasteiger partial charge is 0.233 e. The molecule has 0 atom stereocenters. The predicted octanol–water partition coefficient (Wildman–Crippen LogP) is 4.24. The van der Waals surface area contributed by atoms with Gasteiger partial charge in [0, 0.05) is 5.56 Å². The number of hydrogen-bond donors (Lipinski definition) is 0. The van der Waals surface area contributed by atoms with Gasteiger partial charge in [-0.1, -0.05) is 40.9 Å². The summed E-state index contributed by atoms with van der Waals surface area (Å²) >= 11 is 17.1. The van der Waals surface area contributed by atoms with E-state index in [0.29, 0.717) is 15.6 Å². The molecule has 0 spiro atoms. The second-order valence-electron chi connectivity index (χ2n) is 2.96. The van der Waals surface area contributed by atoms with Crippen LogP contribution in [0, 0.1) is 5.82 Å².